The Labute approximate surface area is 180 Å². The number of hydrogen-bond acceptors (Lipinski definition) is 5. The van der Waals surface area contributed by atoms with Gasteiger partial charge in [-0.25, -0.2) is 4.79 Å². The number of rotatable bonds is 11. The molecular weight excluding hydrogens is 402 g/mol. The minimum Gasteiger partial charge on any atom is -0.445 e. The first kappa shape index (κ1) is 23.3. The summed E-state index contributed by atoms with van der Waals surface area (Å²) in [6.07, 6.45) is 1.86. The van der Waals surface area contributed by atoms with Crippen molar-refractivity contribution >= 4 is 29.7 Å². The Bertz CT molecular complexity index is 818. The average molecular weight is 430 g/mol. The second-order valence-corrected chi connectivity index (χ2v) is 7.68. The molecule has 0 heterocycles. The minimum absolute atomic E-state index is 0.0873. The summed E-state index contributed by atoms with van der Waals surface area (Å²) in [5.74, 6) is -0.424. The van der Waals surface area contributed by atoms with Crippen LogP contribution in [0.3, 0.4) is 0 Å². The van der Waals surface area contributed by atoms with Crippen LogP contribution in [0.1, 0.15) is 17.5 Å². The lowest BCUT2D eigenvalue weighted by Crippen LogP contribution is -2.53. The molecule has 0 bridgehead atoms. The van der Waals surface area contributed by atoms with Gasteiger partial charge in [0.1, 0.15) is 18.7 Å². The quantitative estimate of drug-likeness (QED) is 0.507. The van der Waals surface area contributed by atoms with Crippen LogP contribution in [0.25, 0.3) is 0 Å². The summed E-state index contributed by atoms with van der Waals surface area (Å²) in [5.41, 5.74) is 7.11. The van der Waals surface area contributed by atoms with Gasteiger partial charge in [0, 0.05) is 6.42 Å². The van der Waals surface area contributed by atoms with E-state index in [4.69, 9.17) is 10.5 Å². The zero-order valence-electron chi connectivity index (χ0n) is 16.9. The molecule has 0 spiro atoms. The van der Waals surface area contributed by atoms with E-state index in [1.165, 1.54) is 0 Å². The van der Waals surface area contributed by atoms with Gasteiger partial charge < -0.3 is 21.1 Å². The summed E-state index contributed by atoms with van der Waals surface area (Å²) in [5, 5.41) is 5.26. The number of amides is 3. The van der Waals surface area contributed by atoms with Gasteiger partial charge in [0.05, 0.1) is 0 Å². The molecule has 2 atom stereocenters. The molecular formula is C22H27N3O4S. The van der Waals surface area contributed by atoms with E-state index in [0.717, 1.165) is 11.1 Å². The van der Waals surface area contributed by atoms with Crippen molar-refractivity contribution in [2.45, 2.75) is 31.5 Å². The number of nitrogens with two attached hydrogens (primary N) is 1. The molecule has 0 saturated heterocycles. The topological polar surface area (TPSA) is 111 Å². The van der Waals surface area contributed by atoms with Crippen molar-refractivity contribution in [1.82, 2.24) is 10.6 Å². The number of nitrogens with one attached hydrogen (secondary N) is 2. The van der Waals surface area contributed by atoms with E-state index in [9.17, 15) is 14.4 Å². The third-order valence-electron chi connectivity index (χ3n) is 4.37. The van der Waals surface area contributed by atoms with Gasteiger partial charge in [-0.3, -0.25) is 9.59 Å². The maximum absolute atomic E-state index is 12.8. The summed E-state index contributed by atoms with van der Waals surface area (Å²) in [7, 11) is 0. The zero-order chi connectivity index (χ0) is 21.8. The molecule has 0 fully saturated rings. The summed E-state index contributed by atoms with van der Waals surface area (Å²) < 4.78 is 5.24. The molecule has 30 heavy (non-hydrogen) atoms. The average Bonchev–Trinajstić information content (AvgIpc) is 2.76. The maximum atomic E-state index is 12.8. The standard InChI is InChI=1S/C22H27N3O4S/c1-30-13-12-18(20(23)26)24-21(27)19(14-16-8-4-2-5-9-16)25-22(28)29-15-17-10-6-3-7-11-17/h2-11,18-19H,12-15H2,1H3,(H2,23,26)(H,24,27)(H,25,28)/t18-,19+/m1/s1. The Hall–Kier alpha value is -3.00. The zero-order valence-corrected chi connectivity index (χ0v) is 17.7. The molecule has 4 N–H and O–H groups in total. The van der Waals surface area contributed by atoms with E-state index >= 15 is 0 Å². The van der Waals surface area contributed by atoms with Gasteiger partial charge in [0.25, 0.3) is 0 Å². The third kappa shape index (κ3) is 8.16. The largest absolute Gasteiger partial charge is 0.445 e. The van der Waals surface area contributed by atoms with Crippen LogP contribution in [0.5, 0.6) is 0 Å². The molecule has 2 rings (SSSR count). The first-order chi connectivity index (χ1) is 14.5. The van der Waals surface area contributed by atoms with E-state index < -0.39 is 30.0 Å². The molecule has 0 radical (unpaired) electrons. The van der Waals surface area contributed by atoms with E-state index in [-0.39, 0.29) is 13.0 Å². The van der Waals surface area contributed by atoms with Crippen LogP contribution in [0.2, 0.25) is 0 Å². The Morgan fingerprint density at radius 3 is 2.10 bits per heavy atom. The van der Waals surface area contributed by atoms with Crippen molar-refractivity contribution < 1.29 is 19.1 Å². The molecule has 0 aliphatic heterocycles. The molecule has 160 valence electrons. The second-order valence-electron chi connectivity index (χ2n) is 6.69. The summed E-state index contributed by atoms with van der Waals surface area (Å²) >= 11 is 1.55. The minimum atomic E-state index is -0.910. The SMILES string of the molecule is CSCC[C@@H](NC(=O)[C@H](Cc1ccccc1)NC(=O)OCc1ccccc1)C(N)=O. The molecule has 3 amide bonds. The Morgan fingerprint density at radius 2 is 1.53 bits per heavy atom. The fraction of sp³-hybridized carbons (Fsp3) is 0.318. The maximum Gasteiger partial charge on any atom is 0.408 e. The van der Waals surface area contributed by atoms with Crippen LogP contribution in [-0.4, -0.2) is 42.0 Å². The highest BCUT2D eigenvalue weighted by Gasteiger charge is 2.26. The van der Waals surface area contributed by atoms with Crippen molar-refractivity contribution in [3.05, 3.63) is 71.8 Å². The number of ether oxygens (including phenoxy) is 1. The first-order valence-electron chi connectivity index (χ1n) is 9.59. The van der Waals surface area contributed by atoms with Crippen LogP contribution < -0.4 is 16.4 Å². The van der Waals surface area contributed by atoms with E-state index in [1.807, 2.05) is 66.9 Å². The van der Waals surface area contributed by atoms with Crippen LogP contribution >= 0.6 is 11.8 Å². The predicted octanol–water partition coefficient (Wildman–Crippen LogP) is 2.25. The lowest BCUT2D eigenvalue weighted by molar-refractivity contribution is -0.128. The number of carbonyl (C=O) groups is 3. The molecule has 0 saturated carbocycles. The van der Waals surface area contributed by atoms with Crippen molar-refractivity contribution in [2.24, 2.45) is 5.73 Å². The third-order valence-corrected chi connectivity index (χ3v) is 5.02. The molecule has 2 aromatic rings. The highest BCUT2D eigenvalue weighted by Crippen LogP contribution is 2.07. The van der Waals surface area contributed by atoms with Crippen LogP contribution in [-0.2, 0) is 27.4 Å². The normalized spacial score (nSPS) is 12.4. The van der Waals surface area contributed by atoms with Gasteiger partial charge in [-0.05, 0) is 29.6 Å². The van der Waals surface area contributed by atoms with Crippen molar-refractivity contribution in [1.29, 1.82) is 0 Å². The lowest BCUT2D eigenvalue weighted by atomic mass is 10.0. The molecule has 8 heteroatoms. The van der Waals surface area contributed by atoms with Crippen molar-refractivity contribution in [2.75, 3.05) is 12.0 Å². The second kappa shape index (κ2) is 12.5. The molecule has 0 aliphatic carbocycles. The molecule has 0 aliphatic rings. The first-order valence-corrected chi connectivity index (χ1v) is 11.0. The van der Waals surface area contributed by atoms with Crippen LogP contribution in [0.15, 0.2) is 60.7 Å². The van der Waals surface area contributed by atoms with Gasteiger partial charge >= 0.3 is 6.09 Å². The lowest BCUT2D eigenvalue weighted by Gasteiger charge is -2.22. The van der Waals surface area contributed by atoms with E-state index in [2.05, 4.69) is 10.6 Å². The highest BCUT2D eigenvalue weighted by molar-refractivity contribution is 7.98. The number of benzene rings is 2. The smallest absolute Gasteiger partial charge is 0.408 e. The monoisotopic (exact) mass is 429 g/mol. The van der Waals surface area contributed by atoms with Crippen LogP contribution in [0.4, 0.5) is 4.79 Å². The number of carbonyl (C=O) groups excluding carboxylic acids is 3. The fourth-order valence-electron chi connectivity index (χ4n) is 2.76. The van der Waals surface area contributed by atoms with Crippen molar-refractivity contribution in [3.8, 4) is 0 Å². The summed E-state index contributed by atoms with van der Waals surface area (Å²) in [6, 6.07) is 16.8. The molecule has 0 unspecified atom stereocenters. The summed E-state index contributed by atoms with van der Waals surface area (Å²) in [4.78, 5) is 36.8. The molecule has 0 aromatic heterocycles. The number of primary amides is 1. The van der Waals surface area contributed by atoms with Gasteiger partial charge in [-0.15, -0.1) is 0 Å². The number of hydrogen-bond donors (Lipinski definition) is 3. The van der Waals surface area contributed by atoms with Gasteiger partial charge in [0.2, 0.25) is 11.8 Å². The highest BCUT2D eigenvalue weighted by atomic mass is 32.2. The predicted molar refractivity (Wildman–Crippen MR) is 118 cm³/mol. The fourth-order valence-corrected chi connectivity index (χ4v) is 3.23. The van der Waals surface area contributed by atoms with Gasteiger partial charge in [-0.1, -0.05) is 60.7 Å². The summed E-state index contributed by atoms with van der Waals surface area (Å²) in [6.45, 7) is 0.0873. The Kier molecular flexibility index (Phi) is 9.73. The van der Waals surface area contributed by atoms with Crippen LogP contribution in [0, 0.1) is 0 Å². The molecule has 2 aromatic carbocycles. The number of alkyl carbamates (subject to hydrolysis) is 1. The molecule has 7 nitrogen and oxygen atoms in total. The van der Waals surface area contributed by atoms with Gasteiger partial charge in [-0.2, -0.15) is 11.8 Å². The van der Waals surface area contributed by atoms with E-state index in [0.29, 0.717) is 12.2 Å². The van der Waals surface area contributed by atoms with Crippen molar-refractivity contribution in [3.63, 3.8) is 0 Å². The van der Waals surface area contributed by atoms with Gasteiger partial charge in [0.15, 0.2) is 0 Å². The Morgan fingerprint density at radius 1 is 0.933 bits per heavy atom. The van der Waals surface area contributed by atoms with E-state index in [1.54, 1.807) is 11.8 Å². The Balaban J connectivity index is 2.04. The number of thioether (sulfide) groups is 1.